The van der Waals surface area contributed by atoms with Crippen molar-refractivity contribution in [2.45, 2.75) is 34.2 Å². The van der Waals surface area contributed by atoms with Crippen molar-refractivity contribution in [3.8, 4) is 0 Å². The van der Waals surface area contributed by atoms with Gasteiger partial charge in [-0.1, -0.05) is 39.3 Å². The van der Waals surface area contributed by atoms with E-state index in [1.165, 1.54) is 4.68 Å². The third kappa shape index (κ3) is 4.04. The summed E-state index contributed by atoms with van der Waals surface area (Å²) in [7, 11) is 0. The van der Waals surface area contributed by atoms with Crippen LogP contribution in [0.2, 0.25) is 5.02 Å². The van der Waals surface area contributed by atoms with E-state index in [2.05, 4.69) is 24.3 Å². The molecule has 1 rings (SSSR count). The van der Waals surface area contributed by atoms with E-state index in [-0.39, 0.29) is 10.6 Å². The number of nitrogens with one attached hydrogen (secondary N) is 1. The number of nitrogens with zero attached hydrogens (tertiary/aromatic N) is 2. The lowest BCUT2D eigenvalue weighted by atomic mass is 10.2. The Balaban J connectivity index is 2.90. The molecule has 0 saturated heterocycles. The first kappa shape index (κ1) is 14.0. The average Bonchev–Trinajstić information content (AvgIpc) is 2.23. The standard InChI is InChI=1S/C12H20ClN3O/c1-8(2)5-14-10-6-15-16(7-9(3)4)12(17)11(10)13/h6,8-9,14H,5,7H2,1-4H3. The van der Waals surface area contributed by atoms with Gasteiger partial charge in [0.25, 0.3) is 5.56 Å². The van der Waals surface area contributed by atoms with Crippen LogP contribution in [0.15, 0.2) is 11.0 Å². The molecule has 1 heterocycles. The maximum absolute atomic E-state index is 11.9. The summed E-state index contributed by atoms with van der Waals surface area (Å²) < 4.78 is 1.41. The summed E-state index contributed by atoms with van der Waals surface area (Å²) in [6, 6.07) is 0. The van der Waals surface area contributed by atoms with Crippen molar-refractivity contribution in [3.05, 3.63) is 21.6 Å². The van der Waals surface area contributed by atoms with Crippen molar-refractivity contribution in [1.82, 2.24) is 9.78 Å². The van der Waals surface area contributed by atoms with E-state index in [0.29, 0.717) is 24.1 Å². The van der Waals surface area contributed by atoms with Crippen LogP contribution >= 0.6 is 11.6 Å². The quantitative estimate of drug-likeness (QED) is 0.882. The second kappa shape index (κ2) is 6.05. The molecule has 17 heavy (non-hydrogen) atoms. The first-order chi connectivity index (χ1) is 7.91. The van der Waals surface area contributed by atoms with Crippen molar-refractivity contribution in [2.24, 2.45) is 11.8 Å². The van der Waals surface area contributed by atoms with Crippen LogP contribution in [0.5, 0.6) is 0 Å². The molecular formula is C12H20ClN3O. The van der Waals surface area contributed by atoms with Crippen molar-refractivity contribution in [2.75, 3.05) is 11.9 Å². The average molecular weight is 258 g/mol. The zero-order valence-electron chi connectivity index (χ0n) is 10.8. The lowest BCUT2D eigenvalue weighted by Gasteiger charge is -2.12. The molecule has 0 radical (unpaired) electrons. The number of rotatable bonds is 5. The van der Waals surface area contributed by atoms with Gasteiger partial charge >= 0.3 is 0 Å². The maximum Gasteiger partial charge on any atom is 0.287 e. The molecule has 0 aliphatic heterocycles. The Labute approximate surface area is 107 Å². The van der Waals surface area contributed by atoms with Crippen LogP contribution in [0.25, 0.3) is 0 Å². The van der Waals surface area contributed by atoms with E-state index in [1.807, 2.05) is 13.8 Å². The lowest BCUT2D eigenvalue weighted by molar-refractivity contribution is 0.464. The van der Waals surface area contributed by atoms with Gasteiger partial charge in [-0.15, -0.1) is 0 Å². The Kier molecular flexibility index (Phi) is 5.00. The smallest absolute Gasteiger partial charge is 0.287 e. The molecule has 1 aromatic rings. The lowest BCUT2D eigenvalue weighted by Crippen LogP contribution is -2.26. The molecule has 96 valence electrons. The molecule has 0 atom stereocenters. The highest BCUT2D eigenvalue weighted by atomic mass is 35.5. The fourth-order valence-electron chi connectivity index (χ4n) is 1.38. The molecule has 1 N–H and O–H groups in total. The van der Waals surface area contributed by atoms with Crippen molar-refractivity contribution in [1.29, 1.82) is 0 Å². The van der Waals surface area contributed by atoms with Gasteiger partial charge in [0.1, 0.15) is 5.02 Å². The van der Waals surface area contributed by atoms with Crippen LogP contribution in [0.3, 0.4) is 0 Å². The Bertz CT molecular complexity index is 426. The predicted octanol–water partition coefficient (Wildman–Crippen LogP) is 2.62. The minimum Gasteiger partial charge on any atom is -0.382 e. The van der Waals surface area contributed by atoms with E-state index < -0.39 is 0 Å². The molecule has 0 aromatic carbocycles. The van der Waals surface area contributed by atoms with Gasteiger partial charge in [-0.05, 0) is 11.8 Å². The SMILES string of the molecule is CC(C)CNc1cnn(CC(C)C)c(=O)c1Cl. The van der Waals surface area contributed by atoms with Gasteiger partial charge in [-0.25, -0.2) is 4.68 Å². The molecule has 0 bridgehead atoms. The van der Waals surface area contributed by atoms with Gasteiger partial charge in [0.2, 0.25) is 0 Å². The van der Waals surface area contributed by atoms with E-state index in [1.54, 1.807) is 6.20 Å². The minimum absolute atomic E-state index is 0.223. The van der Waals surface area contributed by atoms with Crippen molar-refractivity contribution < 1.29 is 0 Å². The zero-order chi connectivity index (χ0) is 13.0. The van der Waals surface area contributed by atoms with Gasteiger partial charge in [0, 0.05) is 13.1 Å². The first-order valence-electron chi connectivity index (χ1n) is 5.91. The van der Waals surface area contributed by atoms with Crippen LogP contribution in [-0.2, 0) is 6.54 Å². The molecule has 0 saturated carbocycles. The summed E-state index contributed by atoms with van der Waals surface area (Å²) in [6.45, 7) is 9.61. The zero-order valence-corrected chi connectivity index (χ0v) is 11.6. The van der Waals surface area contributed by atoms with E-state index in [4.69, 9.17) is 11.6 Å². The second-order valence-electron chi connectivity index (χ2n) is 5.03. The van der Waals surface area contributed by atoms with Crippen molar-refractivity contribution in [3.63, 3.8) is 0 Å². The molecule has 5 heteroatoms. The maximum atomic E-state index is 11.9. The third-order valence-electron chi connectivity index (χ3n) is 2.22. The summed E-state index contributed by atoms with van der Waals surface area (Å²) in [6.07, 6.45) is 1.62. The van der Waals surface area contributed by atoms with Gasteiger partial charge in [-0.2, -0.15) is 5.10 Å². The highest BCUT2D eigenvalue weighted by Gasteiger charge is 2.10. The molecule has 0 aliphatic rings. The molecule has 0 unspecified atom stereocenters. The predicted molar refractivity (Wildman–Crippen MR) is 71.7 cm³/mol. The minimum atomic E-state index is -0.228. The van der Waals surface area contributed by atoms with Crippen molar-refractivity contribution >= 4 is 17.3 Å². The van der Waals surface area contributed by atoms with E-state index in [0.717, 1.165) is 6.54 Å². The summed E-state index contributed by atoms with van der Waals surface area (Å²) in [5, 5.41) is 7.46. The van der Waals surface area contributed by atoms with E-state index in [9.17, 15) is 4.79 Å². The highest BCUT2D eigenvalue weighted by molar-refractivity contribution is 6.32. The fraction of sp³-hybridized carbons (Fsp3) is 0.667. The van der Waals surface area contributed by atoms with Gasteiger partial charge in [0.15, 0.2) is 0 Å². The molecule has 4 nitrogen and oxygen atoms in total. The summed E-state index contributed by atoms with van der Waals surface area (Å²) in [5.74, 6) is 0.856. The number of anilines is 1. The first-order valence-corrected chi connectivity index (χ1v) is 6.29. The fourth-order valence-corrected chi connectivity index (χ4v) is 1.59. The normalized spacial score (nSPS) is 11.2. The Hall–Kier alpha value is -1.03. The number of hydrogen-bond donors (Lipinski definition) is 1. The van der Waals surface area contributed by atoms with Gasteiger partial charge in [0.05, 0.1) is 11.9 Å². The third-order valence-corrected chi connectivity index (χ3v) is 2.59. The monoisotopic (exact) mass is 257 g/mol. The molecular weight excluding hydrogens is 238 g/mol. The largest absolute Gasteiger partial charge is 0.382 e. The van der Waals surface area contributed by atoms with Gasteiger partial charge < -0.3 is 5.32 Å². The summed E-state index contributed by atoms with van der Waals surface area (Å²) in [5.41, 5.74) is 0.388. The molecule has 0 aliphatic carbocycles. The van der Waals surface area contributed by atoms with Crippen LogP contribution < -0.4 is 10.9 Å². The molecule has 1 aromatic heterocycles. The molecule has 0 amide bonds. The van der Waals surface area contributed by atoms with Crippen LogP contribution in [0, 0.1) is 11.8 Å². The van der Waals surface area contributed by atoms with Crippen LogP contribution in [0.1, 0.15) is 27.7 Å². The summed E-state index contributed by atoms with van der Waals surface area (Å²) >= 11 is 6.03. The number of halogens is 1. The van der Waals surface area contributed by atoms with Gasteiger partial charge in [-0.3, -0.25) is 4.79 Å². The van der Waals surface area contributed by atoms with Crippen LogP contribution in [0.4, 0.5) is 5.69 Å². The highest BCUT2D eigenvalue weighted by Crippen LogP contribution is 2.15. The topological polar surface area (TPSA) is 46.9 Å². The Morgan fingerprint density at radius 2 is 2.00 bits per heavy atom. The number of hydrogen-bond acceptors (Lipinski definition) is 3. The molecule has 0 spiro atoms. The summed E-state index contributed by atoms with van der Waals surface area (Å²) in [4.78, 5) is 11.9. The number of aromatic nitrogens is 2. The Morgan fingerprint density at radius 1 is 1.35 bits per heavy atom. The Morgan fingerprint density at radius 3 is 2.53 bits per heavy atom. The second-order valence-corrected chi connectivity index (χ2v) is 5.41. The van der Waals surface area contributed by atoms with E-state index >= 15 is 0 Å². The van der Waals surface area contributed by atoms with Crippen LogP contribution in [-0.4, -0.2) is 16.3 Å². The molecule has 0 fully saturated rings.